The topological polar surface area (TPSA) is 81.3 Å². The molecule has 0 radical (unpaired) electrons. The Labute approximate surface area is 198 Å². The van der Waals surface area contributed by atoms with Crippen molar-refractivity contribution in [2.45, 2.75) is 38.1 Å². The maximum absolute atomic E-state index is 14.1. The van der Waals surface area contributed by atoms with E-state index in [0.717, 1.165) is 62.4 Å². The molecule has 1 aromatic carbocycles. The highest BCUT2D eigenvalue weighted by atomic mass is 19.1. The number of amides is 1. The number of rotatable bonds is 4. The summed E-state index contributed by atoms with van der Waals surface area (Å²) in [5, 5.41) is 3.42. The van der Waals surface area contributed by atoms with Crippen molar-refractivity contribution < 1.29 is 9.18 Å². The molecule has 0 bridgehead atoms. The molecule has 2 aliphatic heterocycles. The molecule has 2 fully saturated rings. The van der Waals surface area contributed by atoms with Crippen LogP contribution in [0, 0.1) is 12.7 Å². The van der Waals surface area contributed by atoms with Crippen molar-refractivity contribution >= 4 is 22.4 Å². The van der Waals surface area contributed by atoms with Gasteiger partial charge in [-0.25, -0.2) is 9.37 Å². The van der Waals surface area contributed by atoms with Crippen LogP contribution in [0.5, 0.6) is 0 Å². The fourth-order valence-electron chi connectivity index (χ4n) is 5.49. The summed E-state index contributed by atoms with van der Waals surface area (Å²) in [4.78, 5) is 36.5. The first-order valence-corrected chi connectivity index (χ1v) is 11.9. The lowest BCUT2D eigenvalue weighted by molar-refractivity contribution is 0.0958. The van der Waals surface area contributed by atoms with Crippen molar-refractivity contribution in [3.05, 3.63) is 69.7 Å². The lowest BCUT2D eigenvalue weighted by Gasteiger charge is -2.38. The molecule has 1 atom stereocenters. The average molecular weight is 464 g/mol. The SMILES string of the molecule is CNC(=O)c1cc(C)c(N2CCC(N3CCC(c4cc5cccc(F)c5c(=O)[nH]4)C3)CC2)cn1. The van der Waals surface area contributed by atoms with Gasteiger partial charge in [-0.05, 0) is 61.9 Å². The molecular weight excluding hydrogens is 433 g/mol. The minimum Gasteiger partial charge on any atom is -0.370 e. The molecule has 0 spiro atoms. The van der Waals surface area contributed by atoms with E-state index in [4.69, 9.17) is 0 Å². The van der Waals surface area contributed by atoms with Gasteiger partial charge < -0.3 is 15.2 Å². The Balaban J connectivity index is 1.23. The maximum Gasteiger partial charge on any atom is 0.269 e. The zero-order chi connectivity index (χ0) is 23.8. The molecule has 2 N–H and O–H groups in total. The highest BCUT2D eigenvalue weighted by Gasteiger charge is 2.32. The summed E-state index contributed by atoms with van der Waals surface area (Å²) in [6, 6.07) is 9.08. The Hall–Kier alpha value is -3.26. The number of aromatic nitrogens is 2. The van der Waals surface area contributed by atoms with Crippen molar-refractivity contribution in [3.8, 4) is 0 Å². The largest absolute Gasteiger partial charge is 0.370 e. The van der Waals surface area contributed by atoms with Crippen LogP contribution in [0.1, 0.15) is 46.9 Å². The number of hydrogen-bond acceptors (Lipinski definition) is 5. The van der Waals surface area contributed by atoms with Crippen LogP contribution in [0.2, 0.25) is 0 Å². The summed E-state index contributed by atoms with van der Waals surface area (Å²) in [5.74, 6) is -0.393. The molecule has 0 saturated carbocycles. The number of anilines is 1. The highest BCUT2D eigenvalue weighted by molar-refractivity contribution is 5.92. The predicted octanol–water partition coefficient (Wildman–Crippen LogP) is 3.19. The Morgan fingerprint density at radius 2 is 1.97 bits per heavy atom. The Morgan fingerprint density at radius 3 is 2.71 bits per heavy atom. The number of pyridine rings is 2. The Bertz CT molecular complexity index is 1280. The van der Waals surface area contributed by atoms with Gasteiger partial charge in [0.25, 0.3) is 11.5 Å². The van der Waals surface area contributed by atoms with Gasteiger partial charge in [-0.15, -0.1) is 0 Å². The monoisotopic (exact) mass is 463 g/mol. The van der Waals surface area contributed by atoms with E-state index in [1.165, 1.54) is 6.07 Å². The molecule has 4 heterocycles. The van der Waals surface area contributed by atoms with Crippen molar-refractivity contribution in [1.29, 1.82) is 0 Å². The van der Waals surface area contributed by atoms with Gasteiger partial charge in [0, 0.05) is 44.3 Å². The number of benzene rings is 1. The smallest absolute Gasteiger partial charge is 0.269 e. The zero-order valence-corrected chi connectivity index (χ0v) is 19.6. The van der Waals surface area contributed by atoms with E-state index in [-0.39, 0.29) is 22.8 Å². The summed E-state index contributed by atoms with van der Waals surface area (Å²) in [6.45, 7) is 5.82. The molecular formula is C26H30FN5O2. The number of halogens is 1. The number of likely N-dealkylation sites (tertiary alicyclic amines) is 1. The third-order valence-electron chi connectivity index (χ3n) is 7.37. The Kier molecular flexibility index (Phi) is 6.08. The first kappa shape index (κ1) is 22.5. The number of fused-ring (bicyclic) bond motifs is 1. The average Bonchev–Trinajstić information content (AvgIpc) is 3.34. The number of nitrogens with zero attached hydrogens (tertiary/aromatic N) is 3. The van der Waals surface area contributed by atoms with Gasteiger partial charge in [0.15, 0.2) is 0 Å². The number of carbonyl (C=O) groups excluding carboxylic acids is 1. The molecule has 178 valence electrons. The van der Waals surface area contributed by atoms with E-state index in [2.05, 4.69) is 25.1 Å². The van der Waals surface area contributed by atoms with Crippen molar-refractivity contribution in [2.24, 2.45) is 0 Å². The standard InChI is InChI=1S/C26H30FN5O2/c1-16-12-22(25(33)28-2)29-14-23(16)31-10-7-19(8-11-31)32-9-6-18(15-32)21-13-17-4-3-5-20(27)24(17)26(34)30-21/h3-5,12-14,18-19H,6-11,15H2,1-2H3,(H,28,33)(H,30,34). The van der Waals surface area contributed by atoms with E-state index < -0.39 is 5.82 Å². The van der Waals surface area contributed by atoms with Gasteiger partial charge >= 0.3 is 0 Å². The molecule has 5 rings (SSSR count). The fourth-order valence-corrected chi connectivity index (χ4v) is 5.49. The van der Waals surface area contributed by atoms with Gasteiger partial charge in [0.05, 0.1) is 17.3 Å². The summed E-state index contributed by atoms with van der Waals surface area (Å²) in [5.41, 5.74) is 3.15. The third-order valence-corrected chi connectivity index (χ3v) is 7.37. The number of aromatic amines is 1. The summed E-state index contributed by atoms with van der Waals surface area (Å²) < 4.78 is 14.1. The summed E-state index contributed by atoms with van der Waals surface area (Å²) in [7, 11) is 1.61. The fraction of sp³-hybridized carbons (Fsp3) is 0.423. The molecule has 1 unspecified atom stereocenters. The molecule has 2 aliphatic rings. The van der Waals surface area contributed by atoms with Crippen LogP contribution >= 0.6 is 0 Å². The molecule has 1 amide bonds. The third kappa shape index (κ3) is 4.18. The molecule has 2 saturated heterocycles. The van der Waals surface area contributed by atoms with E-state index in [1.807, 2.05) is 25.3 Å². The van der Waals surface area contributed by atoms with Gasteiger partial charge in [-0.1, -0.05) is 12.1 Å². The lowest BCUT2D eigenvalue weighted by Crippen LogP contribution is -2.44. The Morgan fingerprint density at radius 1 is 1.18 bits per heavy atom. The van der Waals surface area contributed by atoms with Crippen LogP contribution in [-0.2, 0) is 0 Å². The number of piperidine rings is 1. The van der Waals surface area contributed by atoms with Crippen molar-refractivity contribution in [3.63, 3.8) is 0 Å². The minimum absolute atomic E-state index is 0.140. The predicted molar refractivity (Wildman–Crippen MR) is 131 cm³/mol. The van der Waals surface area contributed by atoms with Gasteiger partial charge in [0.1, 0.15) is 11.5 Å². The molecule has 3 aromatic rings. The second kappa shape index (κ2) is 9.18. The minimum atomic E-state index is -0.473. The summed E-state index contributed by atoms with van der Waals surface area (Å²) in [6.07, 6.45) is 4.91. The summed E-state index contributed by atoms with van der Waals surface area (Å²) >= 11 is 0. The number of nitrogens with one attached hydrogen (secondary N) is 2. The lowest BCUT2D eigenvalue weighted by atomic mass is 10.0. The van der Waals surface area contributed by atoms with E-state index >= 15 is 0 Å². The second-order valence-electron chi connectivity index (χ2n) is 9.39. The molecule has 8 heteroatoms. The van der Waals surface area contributed by atoms with Crippen LogP contribution in [0.4, 0.5) is 10.1 Å². The number of aryl methyl sites for hydroxylation is 1. The first-order valence-electron chi connectivity index (χ1n) is 11.9. The van der Waals surface area contributed by atoms with Crippen molar-refractivity contribution in [1.82, 2.24) is 20.2 Å². The van der Waals surface area contributed by atoms with Crippen LogP contribution < -0.4 is 15.8 Å². The van der Waals surface area contributed by atoms with E-state index in [1.54, 1.807) is 19.2 Å². The van der Waals surface area contributed by atoms with Crippen LogP contribution in [0.3, 0.4) is 0 Å². The van der Waals surface area contributed by atoms with Gasteiger partial charge in [0.2, 0.25) is 0 Å². The van der Waals surface area contributed by atoms with Crippen LogP contribution in [-0.4, -0.2) is 60.0 Å². The first-order chi connectivity index (χ1) is 16.4. The van der Waals surface area contributed by atoms with Crippen molar-refractivity contribution in [2.75, 3.05) is 38.1 Å². The van der Waals surface area contributed by atoms with Gasteiger partial charge in [-0.3, -0.25) is 14.5 Å². The number of hydrogen-bond donors (Lipinski definition) is 2. The van der Waals surface area contributed by atoms with Gasteiger partial charge in [-0.2, -0.15) is 0 Å². The van der Waals surface area contributed by atoms with Crippen LogP contribution in [0.25, 0.3) is 10.8 Å². The quantitative estimate of drug-likeness (QED) is 0.621. The molecule has 34 heavy (non-hydrogen) atoms. The highest BCUT2D eigenvalue weighted by Crippen LogP contribution is 2.32. The second-order valence-corrected chi connectivity index (χ2v) is 9.39. The molecule has 2 aromatic heterocycles. The molecule has 7 nitrogen and oxygen atoms in total. The normalized spacial score (nSPS) is 19.6. The van der Waals surface area contributed by atoms with E-state index in [9.17, 15) is 14.0 Å². The van der Waals surface area contributed by atoms with Crippen LogP contribution in [0.15, 0.2) is 41.3 Å². The number of carbonyl (C=O) groups is 1. The van der Waals surface area contributed by atoms with E-state index in [0.29, 0.717) is 17.1 Å². The molecule has 0 aliphatic carbocycles. The number of H-pyrrole nitrogens is 1. The zero-order valence-electron chi connectivity index (χ0n) is 19.6. The maximum atomic E-state index is 14.1.